The number of aromatic nitrogens is 3. The maximum atomic E-state index is 12.8. The number of hydrogen-bond donors (Lipinski definition) is 1. The van der Waals surface area contributed by atoms with Gasteiger partial charge in [-0.1, -0.05) is 6.07 Å². The molecule has 0 spiro atoms. The number of ether oxygens (including phenoxy) is 1. The van der Waals surface area contributed by atoms with Crippen LogP contribution < -0.4 is 5.32 Å². The number of hydrogen-bond acceptors (Lipinski definition) is 8. The molecule has 0 saturated carbocycles. The van der Waals surface area contributed by atoms with Crippen LogP contribution >= 0.6 is 11.3 Å². The van der Waals surface area contributed by atoms with E-state index < -0.39 is 5.97 Å². The zero-order chi connectivity index (χ0) is 20.3. The predicted octanol–water partition coefficient (Wildman–Crippen LogP) is 2.56. The van der Waals surface area contributed by atoms with E-state index in [2.05, 4.69) is 25.0 Å². The van der Waals surface area contributed by atoms with Crippen molar-refractivity contribution in [1.29, 1.82) is 0 Å². The summed E-state index contributed by atoms with van der Waals surface area (Å²) >= 11 is 1.28. The van der Waals surface area contributed by atoms with Gasteiger partial charge in [0.2, 0.25) is 0 Å². The quantitative estimate of drug-likeness (QED) is 0.636. The molecule has 1 N–H and O–H groups in total. The average Bonchev–Trinajstić information content (AvgIpc) is 3.03. The number of rotatable bonds is 6. The first-order valence-corrected chi connectivity index (χ1v) is 9.45. The molecule has 9 heteroatoms. The highest BCUT2D eigenvalue weighted by atomic mass is 32.1. The van der Waals surface area contributed by atoms with Gasteiger partial charge in [-0.05, 0) is 31.5 Å². The number of pyridine rings is 1. The van der Waals surface area contributed by atoms with Crippen molar-refractivity contribution in [3.05, 3.63) is 46.4 Å². The number of fused-ring (bicyclic) bond motifs is 1. The van der Waals surface area contributed by atoms with Crippen LogP contribution in [0.25, 0.3) is 10.2 Å². The summed E-state index contributed by atoms with van der Waals surface area (Å²) in [4.78, 5) is 39.9. The van der Waals surface area contributed by atoms with Gasteiger partial charge in [0.15, 0.2) is 0 Å². The van der Waals surface area contributed by atoms with Gasteiger partial charge in [-0.2, -0.15) is 0 Å². The lowest BCUT2D eigenvalue weighted by Gasteiger charge is -2.15. The largest absolute Gasteiger partial charge is 0.468 e. The Morgan fingerprint density at radius 3 is 2.75 bits per heavy atom. The molecule has 146 valence electrons. The summed E-state index contributed by atoms with van der Waals surface area (Å²) in [6, 6.07) is 5.84. The second-order valence-corrected chi connectivity index (χ2v) is 7.32. The molecule has 0 aliphatic rings. The van der Waals surface area contributed by atoms with Crippen LogP contribution in [0.5, 0.6) is 0 Å². The zero-order valence-corrected chi connectivity index (χ0v) is 17.0. The van der Waals surface area contributed by atoms with Gasteiger partial charge in [0.05, 0.1) is 29.6 Å². The van der Waals surface area contributed by atoms with E-state index in [9.17, 15) is 9.59 Å². The van der Waals surface area contributed by atoms with Gasteiger partial charge in [-0.25, -0.2) is 9.97 Å². The molecule has 0 unspecified atom stereocenters. The topological polar surface area (TPSA) is 97.3 Å². The van der Waals surface area contributed by atoms with Crippen LogP contribution in [-0.4, -0.2) is 52.4 Å². The van der Waals surface area contributed by atoms with Crippen molar-refractivity contribution < 1.29 is 14.3 Å². The van der Waals surface area contributed by atoms with E-state index in [-0.39, 0.29) is 12.5 Å². The first-order valence-electron chi connectivity index (χ1n) is 8.63. The average molecular weight is 399 g/mol. The van der Waals surface area contributed by atoms with Gasteiger partial charge in [-0.3, -0.25) is 14.6 Å². The lowest BCUT2D eigenvalue weighted by molar-refractivity contribution is -0.141. The highest BCUT2D eigenvalue weighted by molar-refractivity contribution is 7.20. The number of thiophene rings is 1. The molecule has 0 aliphatic carbocycles. The Kier molecular flexibility index (Phi) is 5.84. The van der Waals surface area contributed by atoms with Crippen molar-refractivity contribution in [2.45, 2.75) is 20.4 Å². The molecule has 0 aliphatic heterocycles. The second kappa shape index (κ2) is 8.30. The number of likely N-dealkylation sites (N-methyl/N-ethyl adjacent to an activating group) is 1. The molecule has 0 radical (unpaired) electrons. The van der Waals surface area contributed by atoms with Crippen LogP contribution in [0.4, 0.5) is 5.82 Å². The lowest BCUT2D eigenvalue weighted by Crippen LogP contribution is -2.32. The molecule has 3 rings (SSSR count). The number of aryl methyl sites for hydroxylation is 2. The fraction of sp³-hybridized carbons (Fsp3) is 0.316. The number of carbonyl (C=O) groups excluding carboxylic acids is 2. The predicted molar refractivity (Wildman–Crippen MR) is 107 cm³/mol. The number of nitrogens with zero attached hydrogens (tertiary/aromatic N) is 4. The van der Waals surface area contributed by atoms with Crippen LogP contribution in [0, 0.1) is 13.8 Å². The van der Waals surface area contributed by atoms with E-state index in [0.717, 1.165) is 22.3 Å². The van der Waals surface area contributed by atoms with E-state index in [1.54, 1.807) is 7.05 Å². The molecule has 1 amide bonds. The van der Waals surface area contributed by atoms with Crippen LogP contribution in [-0.2, 0) is 16.1 Å². The highest BCUT2D eigenvalue weighted by Gasteiger charge is 2.23. The minimum absolute atomic E-state index is 0.112. The molecule has 0 fully saturated rings. The molecule has 3 aromatic rings. The molecule has 3 heterocycles. The van der Waals surface area contributed by atoms with Gasteiger partial charge in [0.25, 0.3) is 5.91 Å². The maximum Gasteiger partial charge on any atom is 0.325 e. The third-order valence-electron chi connectivity index (χ3n) is 4.24. The molecule has 8 nitrogen and oxygen atoms in total. The summed E-state index contributed by atoms with van der Waals surface area (Å²) in [6.45, 7) is 4.20. The monoisotopic (exact) mass is 399 g/mol. The van der Waals surface area contributed by atoms with Crippen molar-refractivity contribution in [3.63, 3.8) is 0 Å². The fourth-order valence-corrected chi connectivity index (χ4v) is 3.93. The molecule has 0 bridgehead atoms. The smallest absolute Gasteiger partial charge is 0.325 e. The molecule has 3 aromatic heterocycles. The number of methoxy groups -OCH3 is 1. The van der Waals surface area contributed by atoms with Gasteiger partial charge >= 0.3 is 5.97 Å². The lowest BCUT2D eigenvalue weighted by atomic mass is 10.2. The molecule has 0 saturated heterocycles. The Hall–Kier alpha value is -3.07. The van der Waals surface area contributed by atoms with Gasteiger partial charge in [0, 0.05) is 12.7 Å². The third kappa shape index (κ3) is 4.09. The summed E-state index contributed by atoms with van der Waals surface area (Å²) in [7, 11) is 2.86. The number of esters is 1. The minimum atomic E-state index is -0.470. The van der Waals surface area contributed by atoms with E-state index >= 15 is 0 Å². The van der Waals surface area contributed by atoms with Gasteiger partial charge in [0.1, 0.15) is 23.5 Å². The third-order valence-corrected chi connectivity index (χ3v) is 5.43. The summed E-state index contributed by atoms with van der Waals surface area (Å²) in [6.07, 6.45) is 1.47. The molecule has 0 atom stereocenters. The standard InChI is InChI=1S/C19H21N5O3S/c1-11-6-5-7-13(23-11)8-20-17-15-12(2)16(28-18(15)22-10-21-17)19(26)24(3)9-14(25)27-4/h5-7,10H,8-9H2,1-4H3,(H,20,21,22). The maximum absolute atomic E-state index is 12.8. The highest BCUT2D eigenvalue weighted by Crippen LogP contribution is 2.34. The van der Waals surface area contributed by atoms with E-state index in [0.29, 0.717) is 22.1 Å². The van der Waals surface area contributed by atoms with E-state index in [1.165, 1.54) is 29.7 Å². The van der Waals surface area contributed by atoms with Gasteiger partial charge in [-0.15, -0.1) is 11.3 Å². The van der Waals surface area contributed by atoms with Crippen LogP contribution in [0.2, 0.25) is 0 Å². The van der Waals surface area contributed by atoms with E-state index in [4.69, 9.17) is 0 Å². The summed E-state index contributed by atoms with van der Waals surface area (Å²) in [5.74, 6) is -0.0728. The number of amides is 1. The Morgan fingerprint density at radius 1 is 1.25 bits per heavy atom. The first-order chi connectivity index (χ1) is 13.4. The Morgan fingerprint density at radius 2 is 2.04 bits per heavy atom. The van der Waals surface area contributed by atoms with E-state index in [1.807, 2.05) is 32.0 Å². The molecular formula is C19H21N5O3S. The van der Waals surface area contributed by atoms with Crippen LogP contribution in [0.15, 0.2) is 24.5 Å². The van der Waals surface area contributed by atoms with Crippen molar-refractivity contribution >= 4 is 39.2 Å². The Bertz CT molecular complexity index is 1030. The summed E-state index contributed by atoms with van der Waals surface area (Å²) in [5, 5.41) is 4.09. The molecule has 0 aromatic carbocycles. The van der Waals surface area contributed by atoms with Crippen LogP contribution in [0.3, 0.4) is 0 Å². The molecular weight excluding hydrogens is 378 g/mol. The fourth-order valence-electron chi connectivity index (χ4n) is 2.79. The normalized spacial score (nSPS) is 10.7. The first kappa shape index (κ1) is 19.7. The van der Waals surface area contributed by atoms with Gasteiger partial charge < -0.3 is 15.0 Å². The number of carbonyl (C=O) groups is 2. The Labute approximate surface area is 166 Å². The summed E-state index contributed by atoms with van der Waals surface area (Å²) < 4.78 is 4.63. The van der Waals surface area contributed by atoms with Crippen LogP contribution in [0.1, 0.15) is 26.6 Å². The number of anilines is 1. The minimum Gasteiger partial charge on any atom is -0.468 e. The summed E-state index contributed by atoms with van der Waals surface area (Å²) in [5.41, 5.74) is 2.62. The molecule has 28 heavy (non-hydrogen) atoms. The second-order valence-electron chi connectivity index (χ2n) is 6.32. The van der Waals surface area contributed by atoms with Crippen molar-refractivity contribution in [2.75, 3.05) is 26.0 Å². The zero-order valence-electron chi connectivity index (χ0n) is 16.1. The van der Waals surface area contributed by atoms with Crippen molar-refractivity contribution in [2.24, 2.45) is 0 Å². The van der Waals surface area contributed by atoms with Crippen molar-refractivity contribution in [1.82, 2.24) is 19.9 Å². The SMILES string of the molecule is COC(=O)CN(C)C(=O)c1sc2ncnc(NCc3cccc(C)n3)c2c1C. The Balaban J connectivity index is 1.88. The van der Waals surface area contributed by atoms with Crippen molar-refractivity contribution in [3.8, 4) is 0 Å². The number of nitrogens with one attached hydrogen (secondary N) is 1.